The van der Waals surface area contributed by atoms with E-state index in [2.05, 4.69) is 15.9 Å². The number of hydrogen-bond donors (Lipinski definition) is 0. The normalized spacial score (nSPS) is 12.3. The lowest BCUT2D eigenvalue weighted by Crippen LogP contribution is -2.36. The number of alkyl halides is 1. The van der Waals surface area contributed by atoms with E-state index in [9.17, 15) is 4.79 Å². The van der Waals surface area contributed by atoms with Gasteiger partial charge in [0, 0.05) is 18.4 Å². The third-order valence-corrected chi connectivity index (χ3v) is 4.14. The molecule has 0 aliphatic heterocycles. The predicted molar refractivity (Wildman–Crippen MR) is 71.8 cm³/mol. The van der Waals surface area contributed by atoms with E-state index in [-0.39, 0.29) is 11.9 Å². The molecule has 0 spiro atoms. The second kappa shape index (κ2) is 5.89. The first kappa shape index (κ1) is 13.8. The second-order valence-electron chi connectivity index (χ2n) is 3.52. The Hall–Kier alpha value is -0.250. The van der Waals surface area contributed by atoms with Crippen LogP contribution >= 0.6 is 39.1 Å². The van der Waals surface area contributed by atoms with Crippen molar-refractivity contribution in [2.45, 2.75) is 13.0 Å². The van der Waals surface area contributed by atoms with E-state index in [1.165, 1.54) is 0 Å². The molecule has 1 atom stereocenters. The fraction of sp³-hybridized carbons (Fsp3) is 0.364. The lowest BCUT2D eigenvalue weighted by atomic mass is 10.2. The van der Waals surface area contributed by atoms with E-state index in [1.807, 2.05) is 6.92 Å². The van der Waals surface area contributed by atoms with Crippen molar-refractivity contribution in [2.24, 2.45) is 0 Å². The van der Waals surface area contributed by atoms with Crippen LogP contribution in [0.2, 0.25) is 10.0 Å². The van der Waals surface area contributed by atoms with Gasteiger partial charge in [-0.05, 0) is 19.1 Å². The van der Waals surface area contributed by atoms with Crippen molar-refractivity contribution in [3.05, 3.63) is 33.8 Å². The zero-order valence-electron chi connectivity index (χ0n) is 9.01. The maximum atomic E-state index is 12.1. The largest absolute Gasteiger partial charge is 0.338 e. The van der Waals surface area contributed by atoms with Crippen LogP contribution in [0.3, 0.4) is 0 Å². The SMILES string of the molecule is CC(CBr)N(C)C(=O)c1cccc(Cl)c1Cl. The molecular weight excluding hydrogens is 313 g/mol. The lowest BCUT2D eigenvalue weighted by Gasteiger charge is -2.23. The highest BCUT2D eigenvalue weighted by Crippen LogP contribution is 2.26. The highest BCUT2D eigenvalue weighted by atomic mass is 79.9. The molecule has 88 valence electrons. The monoisotopic (exact) mass is 323 g/mol. The first-order chi connectivity index (χ1) is 7.49. The average molecular weight is 325 g/mol. The van der Waals surface area contributed by atoms with Crippen molar-refractivity contribution in [1.82, 2.24) is 4.90 Å². The molecule has 1 unspecified atom stereocenters. The molecule has 1 amide bonds. The van der Waals surface area contributed by atoms with Gasteiger partial charge in [0.05, 0.1) is 15.6 Å². The molecule has 0 fully saturated rings. The molecule has 0 bridgehead atoms. The summed E-state index contributed by atoms with van der Waals surface area (Å²) < 4.78 is 0. The van der Waals surface area contributed by atoms with Gasteiger partial charge in [0.15, 0.2) is 0 Å². The van der Waals surface area contributed by atoms with Crippen LogP contribution in [0.25, 0.3) is 0 Å². The van der Waals surface area contributed by atoms with Gasteiger partial charge < -0.3 is 4.90 Å². The minimum Gasteiger partial charge on any atom is -0.338 e. The van der Waals surface area contributed by atoms with Crippen LogP contribution in [-0.4, -0.2) is 29.2 Å². The molecule has 0 saturated heterocycles. The highest BCUT2D eigenvalue weighted by molar-refractivity contribution is 9.09. The van der Waals surface area contributed by atoms with Gasteiger partial charge in [-0.1, -0.05) is 45.2 Å². The Balaban J connectivity index is 3.01. The number of amides is 1. The van der Waals surface area contributed by atoms with E-state index >= 15 is 0 Å². The summed E-state index contributed by atoms with van der Waals surface area (Å²) in [7, 11) is 1.74. The quantitative estimate of drug-likeness (QED) is 0.773. The van der Waals surface area contributed by atoms with Crippen LogP contribution in [0.15, 0.2) is 18.2 Å². The Morgan fingerprint density at radius 2 is 2.12 bits per heavy atom. The molecule has 0 radical (unpaired) electrons. The zero-order chi connectivity index (χ0) is 12.3. The molecule has 2 nitrogen and oxygen atoms in total. The van der Waals surface area contributed by atoms with E-state index in [1.54, 1.807) is 30.1 Å². The Morgan fingerprint density at radius 1 is 1.50 bits per heavy atom. The molecule has 16 heavy (non-hydrogen) atoms. The number of carbonyl (C=O) groups excluding carboxylic acids is 1. The third-order valence-electron chi connectivity index (χ3n) is 2.39. The summed E-state index contributed by atoms with van der Waals surface area (Å²) in [4.78, 5) is 13.7. The van der Waals surface area contributed by atoms with E-state index in [4.69, 9.17) is 23.2 Å². The van der Waals surface area contributed by atoms with Gasteiger partial charge >= 0.3 is 0 Å². The molecule has 1 rings (SSSR count). The maximum Gasteiger partial charge on any atom is 0.255 e. The van der Waals surface area contributed by atoms with Crippen molar-refractivity contribution >= 4 is 45.0 Å². The highest BCUT2D eigenvalue weighted by Gasteiger charge is 2.19. The van der Waals surface area contributed by atoms with Gasteiger partial charge in [0.2, 0.25) is 0 Å². The van der Waals surface area contributed by atoms with Crippen LogP contribution in [0.5, 0.6) is 0 Å². The number of hydrogen-bond acceptors (Lipinski definition) is 1. The molecule has 0 saturated carbocycles. The van der Waals surface area contributed by atoms with Crippen molar-refractivity contribution in [1.29, 1.82) is 0 Å². The summed E-state index contributed by atoms with van der Waals surface area (Å²) in [6.07, 6.45) is 0. The van der Waals surface area contributed by atoms with Crippen LogP contribution in [0, 0.1) is 0 Å². The number of carbonyl (C=O) groups is 1. The Labute approximate surface area is 114 Å². The molecule has 1 aromatic carbocycles. The van der Waals surface area contributed by atoms with Crippen LogP contribution < -0.4 is 0 Å². The fourth-order valence-corrected chi connectivity index (χ4v) is 1.98. The third kappa shape index (κ3) is 2.90. The number of rotatable bonds is 3. The lowest BCUT2D eigenvalue weighted by molar-refractivity contribution is 0.0758. The smallest absolute Gasteiger partial charge is 0.255 e. The molecule has 1 aromatic rings. The summed E-state index contributed by atoms with van der Waals surface area (Å²) in [5.41, 5.74) is 0.435. The molecule has 0 aromatic heterocycles. The molecule has 5 heteroatoms. The molecule has 0 heterocycles. The second-order valence-corrected chi connectivity index (χ2v) is 4.95. The van der Waals surface area contributed by atoms with Gasteiger partial charge in [-0.2, -0.15) is 0 Å². The van der Waals surface area contributed by atoms with Gasteiger partial charge in [-0.15, -0.1) is 0 Å². The van der Waals surface area contributed by atoms with Gasteiger partial charge in [-0.25, -0.2) is 0 Å². The summed E-state index contributed by atoms with van der Waals surface area (Å²) >= 11 is 15.2. The minimum atomic E-state index is -0.126. The summed E-state index contributed by atoms with van der Waals surface area (Å²) in [6, 6.07) is 5.15. The molecule has 0 N–H and O–H groups in total. The number of benzene rings is 1. The minimum absolute atomic E-state index is 0.0996. The topological polar surface area (TPSA) is 20.3 Å². The fourth-order valence-electron chi connectivity index (χ4n) is 1.16. The Kier molecular flexibility index (Phi) is 5.09. The summed E-state index contributed by atoms with van der Waals surface area (Å²) in [5.74, 6) is -0.126. The molecule has 0 aliphatic carbocycles. The van der Waals surface area contributed by atoms with Crippen molar-refractivity contribution in [3.63, 3.8) is 0 Å². The predicted octanol–water partition coefficient (Wildman–Crippen LogP) is 3.85. The van der Waals surface area contributed by atoms with Gasteiger partial charge in [-0.3, -0.25) is 4.79 Å². The summed E-state index contributed by atoms with van der Waals surface area (Å²) in [5, 5.41) is 1.42. The number of halogens is 3. The molecular formula is C11H12BrCl2NO. The van der Waals surface area contributed by atoms with E-state index in [0.29, 0.717) is 20.9 Å². The Bertz CT molecular complexity index is 398. The van der Waals surface area contributed by atoms with Crippen molar-refractivity contribution in [2.75, 3.05) is 12.4 Å². The van der Waals surface area contributed by atoms with Crippen molar-refractivity contribution < 1.29 is 4.79 Å². The summed E-state index contributed by atoms with van der Waals surface area (Å²) in [6.45, 7) is 1.95. The van der Waals surface area contributed by atoms with Crippen molar-refractivity contribution in [3.8, 4) is 0 Å². The maximum absolute atomic E-state index is 12.1. The first-order valence-corrected chi connectivity index (χ1v) is 6.64. The van der Waals surface area contributed by atoms with E-state index < -0.39 is 0 Å². The van der Waals surface area contributed by atoms with Gasteiger partial charge in [0.1, 0.15) is 0 Å². The van der Waals surface area contributed by atoms with Gasteiger partial charge in [0.25, 0.3) is 5.91 Å². The first-order valence-electron chi connectivity index (χ1n) is 4.76. The standard InChI is InChI=1S/C11H12BrCl2NO/c1-7(6-12)15(2)11(16)8-4-3-5-9(13)10(8)14/h3-5,7H,6H2,1-2H3. The van der Waals surface area contributed by atoms with E-state index in [0.717, 1.165) is 0 Å². The zero-order valence-corrected chi connectivity index (χ0v) is 12.1. The average Bonchev–Trinajstić information content (AvgIpc) is 2.29. The number of nitrogens with zero attached hydrogens (tertiary/aromatic N) is 1. The van der Waals surface area contributed by atoms with Crippen LogP contribution in [-0.2, 0) is 0 Å². The van der Waals surface area contributed by atoms with Crippen LogP contribution in [0.4, 0.5) is 0 Å². The molecule has 0 aliphatic rings. The van der Waals surface area contributed by atoms with Crippen LogP contribution in [0.1, 0.15) is 17.3 Å². The Morgan fingerprint density at radius 3 is 2.69 bits per heavy atom.